The number of nitrogens with zero attached hydrogens (tertiary/aromatic N) is 1. The van der Waals surface area contributed by atoms with Crippen LogP contribution in [0.4, 0.5) is 0 Å². The third-order valence-corrected chi connectivity index (χ3v) is 4.20. The van der Waals surface area contributed by atoms with Crippen LogP contribution in [0.3, 0.4) is 0 Å². The molecule has 3 rings (SSSR count). The Labute approximate surface area is 151 Å². The lowest BCUT2D eigenvalue weighted by Crippen LogP contribution is -2.42. The number of pyridine rings is 1. The quantitative estimate of drug-likeness (QED) is 0.824. The summed E-state index contributed by atoms with van der Waals surface area (Å²) in [7, 11) is 0. The number of aromatic nitrogens is 1. The van der Waals surface area contributed by atoms with Gasteiger partial charge in [-0.3, -0.25) is 9.59 Å². The number of hydrogen-bond acceptors (Lipinski definition) is 5. The molecule has 0 spiro atoms. The van der Waals surface area contributed by atoms with E-state index in [2.05, 4.69) is 10.3 Å². The summed E-state index contributed by atoms with van der Waals surface area (Å²) < 4.78 is 11.6. The maximum absolute atomic E-state index is 11.8. The summed E-state index contributed by atoms with van der Waals surface area (Å²) in [5.41, 5.74) is 5.80. The van der Waals surface area contributed by atoms with Crippen molar-refractivity contribution in [3.8, 4) is 11.6 Å². The van der Waals surface area contributed by atoms with Crippen LogP contribution >= 0.6 is 0 Å². The van der Waals surface area contributed by atoms with Crippen molar-refractivity contribution in [1.82, 2.24) is 10.3 Å². The first-order valence-electron chi connectivity index (χ1n) is 8.75. The third kappa shape index (κ3) is 4.04. The van der Waals surface area contributed by atoms with E-state index < -0.39 is 5.91 Å². The fraction of sp³-hybridized carbons (Fsp3) is 0.421. The molecule has 1 aromatic heterocycles. The number of benzene rings is 1. The summed E-state index contributed by atoms with van der Waals surface area (Å²) in [6.45, 7) is 4.10. The lowest BCUT2D eigenvalue weighted by Gasteiger charge is -2.23. The number of carbonyl (C=O) groups excluding carboxylic acids is 2. The number of primary amides is 1. The average Bonchev–Trinajstić information content (AvgIpc) is 2.59. The topological polar surface area (TPSA) is 104 Å². The Hall–Kier alpha value is -2.83. The van der Waals surface area contributed by atoms with Gasteiger partial charge in [-0.15, -0.1) is 0 Å². The van der Waals surface area contributed by atoms with Crippen LogP contribution in [0.25, 0.3) is 10.8 Å². The first-order chi connectivity index (χ1) is 12.4. The summed E-state index contributed by atoms with van der Waals surface area (Å²) in [5.74, 6) is 0.344. The van der Waals surface area contributed by atoms with Crippen molar-refractivity contribution in [2.75, 3.05) is 6.61 Å². The van der Waals surface area contributed by atoms with Gasteiger partial charge in [-0.2, -0.15) is 0 Å². The van der Waals surface area contributed by atoms with E-state index in [-0.39, 0.29) is 18.1 Å². The maximum Gasteiger partial charge on any atom is 0.252 e. The largest absolute Gasteiger partial charge is 0.490 e. The van der Waals surface area contributed by atoms with Crippen LogP contribution in [0.5, 0.6) is 11.6 Å². The lowest BCUT2D eigenvalue weighted by atomic mass is 10.1. The molecule has 2 amide bonds. The molecular weight excluding hydrogens is 334 g/mol. The number of carbonyl (C=O) groups is 2. The first-order valence-corrected chi connectivity index (χ1v) is 8.75. The Balaban J connectivity index is 1.90. The van der Waals surface area contributed by atoms with Gasteiger partial charge in [0.25, 0.3) is 5.91 Å². The fourth-order valence-electron chi connectivity index (χ4n) is 3.02. The molecule has 0 bridgehead atoms. The molecule has 26 heavy (non-hydrogen) atoms. The zero-order valence-corrected chi connectivity index (χ0v) is 15.0. The van der Waals surface area contributed by atoms with E-state index in [9.17, 15) is 9.59 Å². The molecule has 7 heteroatoms. The third-order valence-electron chi connectivity index (χ3n) is 4.20. The van der Waals surface area contributed by atoms with Crippen molar-refractivity contribution in [2.45, 2.75) is 45.3 Å². The molecule has 1 atom stereocenters. The molecule has 2 heterocycles. The highest BCUT2D eigenvalue weighted by Gasteiger charge is 2.20. The molecule has 0 unspecified atom stereocenters. The Bertz CT molecular complexity index is 835. The van der Waals surface area contributed by atoms with Gasteiger partial charge in [0.2, 0.25) is 11.8 Å². The molecule has 138 valence electrons. The van der Waals surface area contributed by atoms with E-state index in [4.69, 9.17) is 15.2 Å². The van der Waals surface area contributed by atoms with Crippen LogP contribution < -0.4 is 20.5 Å². The van der Waals surface area contributed by atoms with Crippen LogP contribution in [-0.4, -0.2) is 35.6 Å². The number of amides is 2. The Morgan fingerprint density at radius 2 is 2.23 bits per heavy atom. The minimum atomic E-state index is -0.549. The van der Waals surface area contributed by atoms with Crippen LogP contribution in [-0.2, 0) is 4.79 Å². The zero-order valence-electron chi connectivity index (χ0n) is 15.0. The minimum absolute atomic E-state index is 0.0235. The number of fused-ring (bicyclic) bond motifs is 1. The van der Waals surface area contributed by atoms with E-state index in [0.717, 1.165) is 23.6 Å². The molecule has 1 aromatic carbocycles. The van der Waals surface area contributed by atoms with Gasteiger partial charge in [0.1, 0.15) is 12.4 Å². The fourth-order valence-corrected chi connectivity index (χ4v) is 3.02. The van der Waals surface area contributed by atoms with E-state index >= 15 is 0 Å². The number of ether oxygens (including phenoxy) is 2. The van der Waals surface area contributed by atoms with Crippen LogP contribution in [0.15, 0.2) is 24.4 Å². The summed E-state index contributed by atoms with van der Waals surface area (Å²) >= 11 is 0. The molecule has 1 aliphatic heterocycles. The second kappa shape index (κ2) is 7.59. The molecule has 0 aliphatic carbocycles. The Morgan fingerprint density at radius 3 is 2.92 bits per heavy atom. The number of nitrogens with one attached hydrogen (secondary N) is 1. The molecule has 3 N–H and O–H groups in total. The van der Waals surface area contributed by atoms with Gasteiger partial charge in [0.05, 0.1) is 17.7 Å². The predicted octanol–water partition coefficient (Wildman–Crippen LogP) is 2.17. The monoisotopic (exact) mass is 357 g/mol. The zero-order chi connectivity index (χ0) is 18.7. The van der Waals surface area contributed by atoms with Crippen molar-refractivity contribution in [3.63, 3.8) is 0 Å². The number of hydrogen-bond donors (Lipinski definition) is 2. The van der Waals surface area contributed by atoms with E-state index in [0.29, 0.717) is 30.2 Å². The lowest BCUT2D eigenvalue weighted by molar-refractivity contribution is -0.123. The van der Waals surface area contributed by atoms with Gasteiger partial charge in [-0.25, -0.2) is 4.98 Å². The van der Waals surface area contributed by atoms with Crippen molar-refractivity contribution in [3.05, 3.63) is 30.0 Å². The Morgan fingerprint density at radius 1 is 1.42 bits per heavy atom. The molecule has 2 aromatic rings. The van der Waals surface area contributed by atoms with Gasteiger partial charge >= 0.3 is 0 Å². The van der Waals surface area contributed by atoms with Gasteiger partial charge in [0, 0.05) is 18.0 Å². The summed E-state index contributed by atoms with van der Waals surface area (Å²) in [6, 6.07) is 5.18. The second-order valence-electron chi connectivity index (χ2n) is 6.68. The van der Waals surface area contributed by atoms with E-state index in [1.165, 1.54) is 0 Å². The van der Waals surface area contributed by atoms with Gasteiger partial charge in [-0.05, 0) is 50.3 Å². The maximum atomic E-state index is 11.8. The normalized spacial score (nSPS) is 17.2. The molecule has 0 saturated carbocycles. The van der Waals surface area contributed by atoms with Crippen LogP contribution in [0, 0.1) is 0 Å². The number of nitrogens with two attached hydrogens (primary N) is 1. The van der Waals surface area contributed by atoms with Crippen LogP contribution in [0.1, 0.15) is 43.5 Å². The minimum Gasteiger partial charge on any atom is -0.490 e. The highest BCUT2D eigenvalue weighted by Crippen LogP contribution is 2.31. The smallest absolute Gasteiger partial charge is 0.252 e. The molecular formula is C19H23N3O4. The standard InChI is InChI=1S/C19H23N3O4/c1-11(2)26-16-9-14-12(8-15(16)18(20)24)6-7-21-19(14)25-10-13-4-3-5-17(23)22-13/h6-9,11,13H,3-5,10H2,1-2H3,(H2,20,24)(H,22,23)/t13-/m0/s1. The predicted molar refractivity (Wildman–Crippen MR) is 97.3 cm³/mol. The SMILES string of the molecule is CC(C)Oc1cc2c(OC[C@@H]3CCCC(=O)N3)nccc2cc1C(N)=O. The summed E-state index contributed by atoms with van der Waals surface area (Å²) in [6.07, 6.45) is 3.81. The van der Waals surface area contributed by atoms with Crippen molar-refractivity contribution < 1.29 is 19.1 Å². The summed E-state index contributed by atoms with van der Waals surface area (Å²) in [4.78, 5) is 27.6. The molecule has 7 nitrogen and oxygen atoms in total. The highest BCUT2D eigenvalue weighted by molar-refractivity contribution is 6.01. The van der Waals surface area contributed by atoms with Crippen molar-refractivity contribution >= 4 is 22.6 Å². The summed E-state index contributed by atoms with van der Waals surface area (Å²) in [5, 5.41) is 4.44. The number of piperidine rings is 1. The van der Waals surface area contributed by atoms with Crippen molar-refractivity contribution in [2.24, 2.45) is 5.73 Å². The highest BCUT2D eigenvalue weighted by atomic mass is 16.5. The van der Waals surface area contributed by atoms with Gasteiger partial charge in [0.15, 0.2) is 0 Å². The van der Waals surface area contributed by atoms with Crippen LogP contribution in [0.2, 0.25) is 0 Å². The molecule has 1 aliphatic rings. The van der Waals surface area contributed by atoms with E-state index in [1.54, 1.807) is 24.4 Å². The number of rotatable bonds is 6. The average molecular weight is 357 g/mol. The second-order valence-corrected chi connectivity index (χ2v) is 6.68. The first kappa shape index (κ1) is 18.0. The molecule has 1 saturated heterocycles. The van der Waals surface area contributed by atoms with Gasteiger partial charge in [-0.1, -0.05) is 0 Å². The molecule has 0 radical (unpaired) electrons. The molecule has 1 fully saturated rings. The van der Waals surface area contributed by atoms with Crippen molar-refractivity contribution in [1.29, 1.82) is 0 Å². The van der Waals surface area contributed by atoms with Gasteiger partial charge < -0.3 is 20.5 Å². The van der Waals surface area contributed by atoms with E-state index in [1.807, 2.05) is 13.8 Å². The Kier molecular flexibility index (Phi) is 5.25.